The zero-order valence-corrected chi connectivity index (χ0v) is 15.4. The minimum atomic E-state index is -0.490. The highest BCUT2D eigenvalue weighted by atomic mass is 35.5. The molecule has 0 spiro atoms. The van der Waals surface area contributed by atoms with Gasteiger partial charge in [0.15, 0.2) is 0 Å². The Balaban J connectivity index is 1.56. The predicted octanol–water partition coefficient (Wildman–Crippen LogP) is 4.28. The molecule has 0 atom stereocenters. The summed E-state index contributed by atoms with van der Waals surface area (Å²) in [5, 5.41) is 17.8. The minimum absolute atomic E-state index is 0.0512. The zero-order valence-electron chi connectivity index (χ0n) is 13.9. The Labute approximate surface area is 164 Å². The maximum atomic E-state index is 10.6. The first-order valence-electron chi connectivity index (χ1n) is 7.89. The van der Waals surface area contributed by atoms with Crippen LogP contribution in [0.4, 0.5) is 17.5 Å². The van der Waals surface area contributed by atoms with Crippen LogP contribution in [0.5, 0.6) is 0 Å². The Morgan fingerprint density at radius 3 is 2.56 bits per heavy atom. The molecule has 2 N–H and O–H groups in total. The van der Waals surface area contributed by atoms with Gasteiger partial charge in [0, 0.05) is 35.9 Å². The van der Waals surface area contributed by atoms with Crippen molar-refractivity contribution in [1.82, 2.24) is 15.0 Å². The van der Waals surface area contributed by atoms with Crippen molar-refractivity contribution >= 4 is 40.7 Å². The van der Waals surface area contributed by atoms with Crippen LogP contribution in [0.2, 0.25) is 10.0 Å². The van der Waals surface area contributed by atoms with E-state index in [1.165, 1.54) is 12.3 Å². The second-order valence-electron chi connectivity index (χ2n) is 5.40. The third kappa shape index (κ3) is 5.02. The van der Waals surface area contributed by atoms with Gasteiger partial charge in [0.25, 0.3) is 5.69 Å². The van der Waals surface area contributed by atoms with E-state index in [4.69, 9.17) is 23.2 Å². The van der Waals surface area contributed by atoms with Crippen LogP contribution in [0.1, 0.15) is 0 Å². The van der Waals surface area contributed by atoms with Crippen LogP contribution in [-0.2, 0) is 0 Å². The largest absolute Gasteiger partial charge is 0.368 e. The van der Waals surface area contributed by atoms with Gasteiger partial charge in [-0.2, -0.15) is 0 Å². The van der Waals surface area contributed by atoms with Crippen LogP contribution < -0.4 is 10.6 Å². The molecule has 138 valence electrons. The van der Waals surface area contributed by atoms with E-state index < -0.39 is 4.92 Å². The maximum Gasteiger partial charge on any atom is 0.287 e. The third-order valence-electron chi connectivity index (χ3n) is 3.54. The van der Waals surface area contributed by atoms with Crippen molar-refractivity contribution in [2.75, 3.05) is 23.7 Å². The monoisotopic (exact) mass is 404 g/mol. The summed E-state index contributed by atoms with van der Waals surface area (Å²) in [5.41, 5.74) is 1.39. The quantitative estimate of drug-likeness (QED) is 0.343. The standard InChI is InChI=1S/C17H14Cl2N6O2/c18-11-1-3-13(14(19)9-11)15-5-6-21-17(24-15)22-8-7-20-16-4-2-12(10-23-16)25(26)27/h1-6,9-10H,7-8H2,(H,20,23)(H,21,22,24). The molecule has 0 radical (unpaired) electrons. The molecule has 0 bridgehead atoms. The van der Waals surface area contributed by atoms with Crippen LogP contribution in [0.25, 0.3) is 11.3 Å². The Morgan fingerprint density at radius 1 is 1.04 bits per heavy atom. The van der Waals surface area contributed by atoms with Crippen molar-refractivity contribution in [1.29, 1.82) is 0 Å². The average molecular weight is 405 g/mol. The predicted molar refractivity (Wildman–Crippen MR) is 105 cm³/mol. The van der Waals surface area contributed by atoms with E-state index >= 15 is 0 Å². The molecule has 0 fully saturated rings. The maximum absolute atomic E-state index is 10.6. The molecule has 0 aliphatic carbocycles. The smallest absolute Gasteiger partial charge is 0.287 e. The van der Waals surface area contributed by atoms with Crippen molar-refractivity contribution in [3.8, 4) is 11.3 Å². The summed E-state index contributed by atoms with van der Waals surface area (Å²) in [6.07, 6.45) is 2.85. The molecule has 2 heterocycles. The van der Waals surface area contributed by atoms with Gasteiger partial charge in [-0.25, -0.2) is 15.0 Å². The number of hydrogen-bond acceptors (Lipinski definition) is 7. The van der Waals surface area contributed by atoms with Gasteiger partial charge in [-0.1, -0.05) is 23.2 Å². The van der Waals surface area contributed by atoms with E-state index in [0.717, 1.165) is 5.56 Å². The van der Waals surface area contributed by atoms with E-state index in [-0.39, 0.29) is 5.69 Å². The summed E-state index contributed by atoms with van der Waals surface area (Å²) >= 11 is 12.1. The Kier molecular flexibility index (Phi) is 6.00. The number of anilines is 2. The second kappa shape index (κ2) is 8.61. The summed E-state index contributed by atoms with van der Waals surface area (Å²) in [5.74, 6) is 1.00. The first-order valence-corrected chi connectivity index (χ1v) is 8.65. The highest BCUT2D eigenvalue weighted by molar-refractivity contribution is 6.36. The molecular formula is C17H14Cl2N6O2. The minimum Gasteiger partial charge on any atom is -0.368 e. The molecule has 8 nitrogen and oxygen atoms in total. The fraction of sp³-hybridized carbons (Fsp3) is 0.118. The van der Waals surface area contributed by atoms with Crippen molar-refractivity contribution in [3.05, 3.63) is 69.0 Å². The van der Waals surface area contributed by atoms with Crippen LogP contribution in [-0.4, -0.2) is 33.0 Å². The van der Waals surface area contributed by atoms with Gasteiger partial charge in [0.2, 0.25) is 5.95 Å². The number of rotatable bonds is 7. The Morgan fingerprint density at radius 2 is 1.85 bits per heavy atom. The highest BCUT2D eigenvalue weighted by Gasteiger charge is 2.07. The molecule has 10 heteroatoms. The molecule has 0 saturated carbocycles. The van der Waals surface area contributed by atoms with Gasteiger partial charge in [0.05, 0.1) is 15.6 Å². The lowest BCUT2D eigenvalue weighted by molar-refractivity contribution is -0.385. The van der Waals surface area contributed by atoms with E-state index in [1.54, 1.807) is 36.5 Å². The van der Waals surface area contributed by atoms with E-state index in [1.807, 2.05) is 0 Å². The number of pyridine rings is 1. The number of nitrogens with zero attached hydrogens (tertiary/aromatic N) is 4. The molecule has 27 heavy (non-hydrogen) atoms. The van der Waals surface area contributed by atoms with Crippen molar-refractivity contribution in [2.24, 2.45) is 0 Å². The normalized spacial score (nSPS) is 10.4. The number of benzene rings is 1. The molecule has 0 aliphatic heterocycles. The molecular weight excluding hydrogens is 391 g/mol. The van der Waals surface area contributed by atoms with Gasteiger partial charge < -0.3 is 10.6 Å². The van der Waals surface area contributed by atoms with Crippen molar-refractivity contribution < 1.29 is 4.92 Å². The van der Waals surface area contributed by atoms with Gasteiger partial charge in [-0.15, -0.1) is 0 Å². The Bertz CT molecular complexity index is 952. The van der Waals surface area contributed by atoms with E-state index in [2.05, 4.69) is 25.6 Å². The van der Waals surface area contributed by atoms with Crippen LogP contribution in [0, 0.1) is 10.1 Å². The highest BCUT2D eigenvalue weighted by Crippen LogP contribution is 2.29. The fourth-order valence-corrected chi connectivity index (χ4v) is 2.76. The lowest BCUT2D eigenvalue weighted by Crippen LogP contribution is -2.15. The van der Waals surface area contributed by atoms with Gasteiger partial charge in [0.1, 0.15) is 12.0 Å². The summed E-state index contributed by atoms with van der Waals surface area (Å²) in [7, 11) is 0. The van der Waals surface area contributed by atoms with Crippen LogP contribution in [0.15, 0.2) is 48.8 Å². The molecule has 0 amide bonds. The molecule has 1 aromatic carbocycles. The zero-order chi connectivity index (χ0) is 19.2. The van der Waals surface area contributed by atoms with E-state index in [0.29, 0.717) is 40.6 Å². The van der Waals surface area contributed by atoms with Gasteiger partial charge >= 0.3 is 0 Å². The van der Waals surface area contributed by atoms with E-state index in [9.17, 15) is 10.1 Å². The Hall–Kier alpha value is -2.97. The molecule has 0 aliphatic rings. The number of aromatic nitrogens is 3. The fourth-order valence-electron chi connectivity index (χ4n) is 2.25. The number of nitrogens with one attached hydrogen (secondary N) is 2. The second-order valence-corrected chi connectivity index (χ2v) is 6.25. The summed E-state index contributed by atoms with van der Waals surface area (Å²) in [6, 6.07) is 9.93. The molecule has 3 rings (SSSR count). The average Bonchev–Trinajstić information content (AvgIpc) is 2.66. The van der Waals surface area contributed by atoms with Gasteiger partial charge in [-0.05, 0) is 30.3 Å². The lowest BCUT2D eigenvalue weighted by Gasteiger charge is -2.09. The first kappa shape index (κ1) is 18.8. The van der Waals surface area contributed by atoms with Crippen molar-refractivity contribution in [3.63, 3.8) is 0 Å². The topological polar surface area (TPSA) is 106 Å². The SMILES string of the molecule is O=[N+]([O-])c1ccc(NCCNc2nccc(-c3ccc(Cl)cc3Cl)n2)nc1. The number of halogens is 2. The van der Waals surface area contributed by atoms with Crippen LogP contribution in [0.3, 0.4) is 0 Å². The summed E-state index contributed by atoms with van der Waals surface area (Å²) in [6.45, 7) is 1.05. The third-order valence-corrected chi connectivity index (χ3v) is 4.08. The first-order chi connectivity index (χ1) is 13.0. The van der Waals surface area contributed by atoms with Crippen LogP contribution >= 0.6 is 23.2 Å². The molecule has 0 unspecified atom stereocenters. The number of nitro groups is 1. The molecule has 0 saturated heterocycles. The summed E-state index contributed by atoms with van der Waals surface area (Å²) < 4.78 is 0. The van der Waals surface area contributed by atoms with Gasteiger partial charge in [-0.3, -0.25) is 10.1 Å². The lowest BCUT2D eigenvalue weighted by atomic mass is 10.1. The van der Waals surface area contributed by atoms with Crippen molar-refractivity contribution in [2.45, 2.75) is 0 Å². The number of hydrogen-bond donors (Lipinski definition) is 2. The summed E-state index contributed by atoms with van der Waals surface area (Å²) in [4.78, 5) is 22.7. The molecule has 3 aromatic rings. The molecule has 2 aromatic heterocycles.